The molecule has 1 saturated heterocycles. The number of carbonyl (C=O) groups excluding carboxylic acids is 2. The van der Waals surface area contributed by atoms with Crippen molar-refractivity contribution in [1.29, 1.82) is 0 Å². The minimum absolute atomic E-state index is 0.0128. The highest BCUT2D eigenvalue weighted by molar-refractivity contribution is 6.31. The van der Waals surface area contributed by atoms with Crippen LogP contribution >= 0.6 is 0 Å². The predicted octanol–water partition coefficient (Wildman–Crippen LogP) is 2.06. The third-order valence-electron chi connectivity index (χ3n) is 4.44. The summed E-state index contributed by atoms with van der Waals surface area (Å²) >= 11 is 0. The maximum atomic E-state index is 12.2. The number of rotatable bonds is 5. The summed E-state index contributed by atoms with van der Waals surface area (Å²) in [6.45, 7) is 6.31. The summed E-state index contributed by atoms with van der Waals surface area (Å²) in [5, 5.41) is 0. The first kappa shape index (κ1) is 18.5. The molecule has 0 aromatic heterocycles. The van der Waals surface area contributed by atoms with E-state index in [-0.39, 0.29) is 17.0 Å². The van der Waals surface area contributed by atoms with Gasteiger partial charge in [-0.25, -0.2) is 0 Å². The smallest absolute Gasteiger partial charge is 0.325 e. The molecular weight excluding hydrogens is 318 g/mol. The lowest BCUT2D eigenvalue weighted by atomic mass is 9.87. The second-order valence-electron chi connectivity index (χ2n) is 7.11. The lowest BCUT2D eigenvalue weighted by Crippen LogP contribution is -2.45. The molecule has 1 aromatic rings. The zero-order chi connectivity index (χ0) is 18.6. The molecule has 7 nitrogen and oxygen atoms in total. The Balaban J connectivity index is 2.44. The first-order chi connectivity index (χ1) is 11.8. The Labute approximate surface area is 146 Å². The first-order valence-electron chi connectivity index (χ1n) is 8.11. The number of benzene rings is 1. The molecule has 0 amide bonds. The van der Waals surface area contributed by atoms with Crippen LogP contribution in [-0.2, 0) is 15.0 Å². The molecule has 130 valence electrons. The zero-order valence-electron chi connectivity index (χ0n) is 14.6. The van der Waals surface area contributed by atoms with Gasteiger partial charge in [-0.15, -0.1) is 0 Å². The van der Waals surface area contributed by atoms with Crippen molar-refractivity contribution in [3.63, 3.8) is 0 Å². The van der Waals surface area contributed by atoms with E-state index >= 15 is 0 Å². The summed E-state index contributed by atoms with van der Waals surface area (Å²) in [6, 6.07) is 6.49. The molecule has 2 atom stereocenters. The predicted molar refractivity (Wildman–Crippen MR) is 93.8 cm³/mol. The lowest BCUT2D eigenvalue weighted by molar-refractivity contribution is -0.117. The van der Waals surface area contributed by atoms with E-state index in [1.165, 1.54) is 0 Å². The summed E-state index contributed by atoms with van der Waals surface area (Å²) in [5.41, 5.74) is 19.1. The number of hydrogen-bond acceptors (Lipinski definition) is 3. The van der Waals surface area contributed by atoms with Gasteiger partial charge in [-0.2, -0.15) is 9.58 Å². The summed E-state index contributed by atoms with van der Waals surface area (Å²) in [7, 11) is 0. The molecule has 0 unspecified atom stereocenters. The molecular formula is C18H21N5O2. The number of Topliss-reactive ketones (excluding diaryl/α,β-unsaturated/α-hetero) is 2. The van der Waals surface area contributed by atoms with Crippen LogP contribution in [0.15, 0.2) is 24.3 Å². The number of carbonyl (C=O) groups is 2. The molecule has 0 aliphatic carbocycles. The van der Waals surface area contributed by atoms with E-state index < -0.39 is 12.1 Å². The first-order valence-corrected chi connectivity index (χ1v) is 8.11. The van der Waals surface area contributed by atoms with E-state index in [4.69, 9.17) is 11.1 Å². The molecule has 0 saturated carbocycles. The number of nitrogens with zero attached hydrogens (tertiary/aromatic N) is 5. The Morgan fingerprint density at radius 2 is 1.44 bits per heavy atom. The Kier molecular flexibility index (Phi) is 5.42. The Morgan fingerprint density at radius 1 is 1.00 bits per heavy atom. The minimum atomic E-state index is -0.600. The van der Waals surface area contributed by atoms with Gasteiger partial charge in [-0.05, 0) is 36.0 Å². The normalized spacial score (nSPS) is 19.7. The maximum Gasteiger partial charge on any atom is 0.325 e. The van der Waals surface area contributed by atoms with Gasteiger partial charge < -0.3 is 16.0 Å². The molecule has 1 heterocycles. The molecule has 1 fully saturated rings. The van der Waals surface area contributed by atoms with Crippen molar-refractivity contribution in [2.45, 2.75) is 51.1 Å². The fourth-order valence-electron chi connectivity index (χ4n) is 3.15. The fraction of sp³-hybridized carbons (Fsp3) is 0.444. The fourth-order valence-corrected chi connectivity index (χ4v) is 3.15. The van der Waals surface area contributed by atoms with E-state index in [1.807, 2.05) is 24.3 Å². The van der Waals surface area contributed by atoms with Gasteiger partial charge in [0.25, 0.3) is 11.6 Å². The maximum absolute atomic E-state index is 12.2. The lowest BCUT2D eigenvalue weighted by Gasteiger charge is -2.29. The molecule has 2 rings (SSSR count). The van der Waals surface area contributed by atoms with Gasteiger partial charge >= 0.3 is 12.4 Å². The Hall–Kier alpha value is -2.88. The van der Waals surface area contributed by atoms with Crippen LogP contribution in [0, 0.1) is 0 Å². The second-order valence-corrected chi connectivity index (χ2v) is 7.11. The van der Waals surface area contributed by atoms with Crippen LogP contribution in [0.5, 0.6) is 0 Å². The third kappa shape index (κ3) is 3.97. The van der Waals surface area contributed by atoms with Crippen molar-refractivity contribution in [1.82, 2.24) is 0 Å². The van der Waals surface area contributed by atoms with Crippen molar-refractivity contribution in [2.75, 3.05) is 4.90 Å². The third-order valence-corrected chi connectivity index (χ3v) is 4.44. The largest absolute Gasteiger partial charge is 0.361 e. The highest BCUT2D eigenvalue weighted by Crippen LogP contribution is 2.33. The highest BCUT2D eigenvalue weighted by atomic mass is 16.1. The van der Waals surface area contributed by atoms with Crippen molar-refractivity contribution in [3.8, 4) is 0 Å². The topological polar surface area (TPSA) is 110 Å². The molecule has 1 aliphatic rings. The van der Waals surface area contributed by atoms with Gasteiger partial charge in [0.05, 0.1) is 0 Å². The van der Waals surface area contributed by atoms with Gasteiger partial charge in [0.15, 0.2) is 0 Å². The summed E-state index contributed by atoms with van der Waals surface area (Å²) in [5.74, 6) is -0.753. The van der Waals surface area contributed by atoms with Gasteiger partial charge in [0.2, 0.25) is 0 Å². The zero-order valence-corrected chi connectivity index (χ0v) is 14.6. The van der Waals surface area contributed by atoms with E-state index in [9.17, 15) is 9.59 Å². The summed E-state index contributed by atoms with van der Waals surface area (Å²) in [6.07, 6.45) is 2.60. The monoisotopic (exact) mass is 339 g/mol. The Bertz CT molecular complexity index is 728. The SMILES string of the molecule is CC(C)(C)c1ccc(N2[C@@H](C(=O)C=[N+]=[N-])CC[C@@H]2C(=O)C=[N+]=[N-])cc1. The van der Waals surface area contributed by atoms with Gasteiger partial charge in [0, 0.05) is 5.69 Å². The van der Waals surface area contributed by atoms with Crippen molar-refractivity contribution in [2.24, 2.45) is 0 Å². The average Bonchev–Trinajstić information content (AvgIpc) is 2.99. The standard InChI is InChI=1S/C18H21N5O2/c1-18(2,3)12-4-6-13(7-5-12)23-14(16(24)10-21-19)8-9-15(23)17(25)11-22-20/h4-7,10-11,14-15H,8-9H2,1-3H3/t14-,15-/m1/s1. The molecule has 0 spiro atoms. The molecule has 1 aliphatic heterocycles. The number of ketones is 2. The van der Waals surface area contributed by atoms with Crippen LogP contribution < -0.4 is 4.90 Å². The van der Waals surface area contributed by atoms with Crippen LogP contribution in [0.4, 0.5) is 5.69 Å². The van der Waals surface area contributed by atoms with Gasteiger partial charge in [-0.3, -0.25) is 9.59 Å². The van der Waals surface area contributed by atoms with Gasteiger partial charge in [-0.1, -0.05) is 32.9 Å². The average molecular weight is 339 g/mol. The van der Waals surface area contributed by atoms with E-state index in [2.05, 4.69) is 30.4 Å². The molecule has 1 aromatic carbocycles. The molecule has 0 N–H and O–H groups in total. The van der Waals surface area contributed by atoms with E-state index in [0.717, 1.165) is 23.7 Å². The van der Waals surface area contributed by atoms with Crippen LogP contribution in [0.1, 0.15) is 39.2 Å². The van der Waals surface area contributed by atoms with Crippen LogP contribution in [0.2, 0.25) is 0 Å². The van der Waals surface area contributed by atoms with Crippen molar-refractivity contribution >= 4 is 29.7 Å². The molecule has 7 heteroatoms. The molecule has 25 heavy (non-hydrogen) atoms. The van der Waals surface area contributed by atoms with Crippen LogP contribution in [-0.4, -0.2) is 45.7 Å². The number of hydrogen-bond donors (Lipinski definition) is 0. The summed E-state index contributed by atoms with van der Waals surface area (Å²) < 4.78 is 0. The second kappa shape index (κ2) is 7.34. The Morgan fingerprint density at radius 3 is 1.80 bits per heavy atom. The minimum Gasteiger partial charge on any atom is -0.361 e. The van der Waals surface area contributed by atoms with Crippen molar-refractivity contribution in [3.05, 3.63) is 40.9 Å². The highest BCUT2D eigenvalue weighted by Gasteiger charge is 2.42. The van der Waals surface area contributed by atoms with E-state index in [0.29, 0.717) is 12.8 Å². The van der Waals surface area contributed by atoms with E-state index in [1.54, 1.807) is 4.90 Å². The summed E-state index contributed by atoms with van der Waals surface area (Å²) in [4.78, 5) is 31.8. The van der Waals surface area contributed by atoms with Crippen LogP contribution in [0.25, 0.3) is 11.1 Å². The quantitative estimate of drug-likeness (QED) is 0.465. The number of anilines is 1. The van der Waals surface area contributed by atoms with Crippen LogP contribution in [0.3, 0.4) is 0 Å². The van der Waals surface area contributed by atoms with Gasteiger partial charge in [0.1, 0.15) is 12.1 Å². The van der Waals surface area contributed by atoms with Crippen molar-refractivity contribution < 1.29 is 19.2 Å². The molecule has 0 bridgehead atoms. The molecule has 0 radical (unpaired) electrons.